The fourth-order valence-electron chi connectivity index (χ4n) is 5.82. The van der Waals surface area contributed by atoms with Crippen LogP contribution in [0.25, 0.3) is 5.70 Å². The lowest BCUT2D eigenvalue weighted by Crippen LogP contribution is -2.32. The maximum Gasteiger partial charge on any atom is 0.126 e. The van der Waals surface area contributed by atoms with Crippen molar-refractivity contribution in [2.24, 2.45) is 10.9 Å². The Bertz CT molecular complexity index is 1090. The molecule has 0 unspecified atom stereocenters. The molecule has 1 aromatic heterocycles. The Morgan fingerprint density at radius 1 is 1.03 bits per heavy atom. The molecule has 0 bridgehead atoms. The molecule has 1 fully saturated rings. The fraction of sp³-hybridized carbons (Fsp3) is 0.606. The summed E-state index contributed by atoms with van der Waals surface area (Å²) in [6.07, 6.45) is 11.1. The summed E-state index contributed by atoms with van der Waals surface area (Å²) in [6.45, 7) is 23.9. The molecule has 0 N–H and O–H groups in total. The van der Waals surface area contributed by atoms with Gasteiger partial charge in [-0.25, -0.2) is 15.0 Å². The largest absolute Gasteiger partial charge is 0.370 e. The van der Waals surface area contributed by atoms with E-state index in [1.165, 1.54) is 41.5 Å². The molecule has 0 radical (unpaired) electrons. The number of hydrogen-bond acceptors (Lipinski definition) is 4. The second-order valence-electron chi connectivity index (χ2n) is 10.8. The third kappa shape index (κ3) is 7.24. The normalized spacial score (nSPS) is 14.7. The van der Waals surface area contributed by atoms with Crippen LogP contribution >= 0.6 is 0 Å². The van der Waals surface area contributed by atoms with E-state index in [-0.39, 0.29) is 0 Å². The highest BCUT2D eigenvalue weighted by molar-refractivity contribution is 5.84. The van der Waals surface area contributed by atoms with Gasteiger partial charge in [-0.2, -0.15) is 0 Å². The molecular weight excluding hydrogens is 466 g/mol. The molecule has 2 aromatic rings. The van der Waals surface area contributed by atoms with Gasteiger partial charge in [0.05, 0.1) is 11.9 Å². The lowest BCUT2D eigenvalue weighted by atomic mass is 9.91. The molecule has 1 aliphatic rings. The van der Waals surface area contributed by atoms with E-state index in [0.717, 1.165) is 92.9 Å². The van der Waals surface area contributed by atoms with E-state index in [1.807, 2.05) is 13.1 Å². The minimum Gasteiger partial charge on any atom is -0.370 e. The highest BCUT2D eigenvalue weighted by Gasteiger charge is 2.22. The average Bonchev–Trinajstić information content (AvgIpc) is 2.95. The van der Waals surface area contributed by atoms with Crippen LogP contribution < -0.4 is 0 Å². The van der Waals surface area contributed by atoms with Gasteiger partial charge in [-0.3, -0.25) is 0 Å². The van der Waals surface area contributed by atoms with E-state index in [0.29, 0.717) is 0 Å². The molecule has 38 heavy (non-hydrogen) atoms. The summed E-state index contributed by atoms with van der Waals surface area (Å²) in [4.78, 5) is 19.4. The van der Waals surface area contributed by atoms with Crippen molar-refractivity contribution in [3.8, 4) is 0 Å². The first-order valence-corrected chi connectivity index (χ1v) is 15.1. The van der Waals surface area contributed by atoms with Crippen molar-refractivity contribution in [1.82, 2.24) is 19.8 Å². The minimum absolute atomic E-state index is 0.764. The maximum absolute atomic E-state index is 5.16. The summed E-state index contributed by atoms with van der Waals surface area (Å²) in [5.74, 6) is 2.61. The van der Waals surface area contributed by atoms with Gasteiger partial charge in [0.2, 0.25) is 0 Å². The summed E-state index contributed by atoms with van der Waals surface area (Å²) in [6, 6.07) is 4.70. The molecule has 0 spiro atoms. The number of aromatic nitrogens is 2. The number of likely N-dealkylation sites (tertiary alicyclic amines) is 1. The summed E-state index contributed by atoms with van der Waals surface area (Å²) < 4.78 is 0. The molecule has 0 aliphatic carbocycles. The highest BCUT2D eigenvalue weighted by Crippen LogP contribution is 2.31. The first kappa shape index (κ1) is 29.9. The third-order valence-corrected chi connectivity index (χ3v) is 8.33. The predicted octanol–water partition coefficient (Wildman–Crippen LogP) is 7.92. The SMILES string of the molecule is C=C(c1nc(C)ncc1N=C(C)N(CCCC)Cc1ccc(CC)c(CC)c1CC)N1CCC(CC)CC1. The number of unbranched alkanes of at least 4 members (excludes halogenated alkanes) is 1. The van der Waals surface area contributed by atoms with Crippen LogP contribution in [-0.2, 0) is 25.8 Å². The molecule has 208 valence electrons. The highest BCUT2D eigenvalue weighted by atomic mass is 15.2. The van der Waals surface area contributed by atoms with Gasteiger partial charge in [0.15, 0.2) is 0 Å². The zero-order valence-corrected chi connectivity index (χ0v) is 25.2. The summed E-state index contributed by atoms with van der Waals surface area (Å²) >= 11 is 0. The monoisotopic (exact) mass is 517 g/mol. The number of aliphatic imine (C=N–C) groups is 1. The van der Waals surface area contributed by atoms with E-state index in [9.17, 15) is 0 Å². The Hall–Kier alpha value is -2.69. The number of rotatable bonds is 12. The van der Waals surface area contributed by atoms with Gasteiger partial charge in [0, 0.05) is 26.2 Å². The van der Waals surface area contributed by atoms with E-state index in [1.54, 1.807) is 0 Å². The molecule has 5 nitrogen and oxygen atoms in total. The van der Waals surface area contributed by atoms with Crippen LogP contribution in [0.2, 0.25) is 0 Å². The van der Waals surface area contributed by atoms with E-state index in [4.69, 9.17) is 9.98 Å². The number of hydrogen-bond donors (Lipinski definition) is 0. The van der Waals surface area contributed by atoms with Crippen LogP contribution in [0.5, 0.6) is 0 Å². The summed E-state index contributed by atoms with van der Waals surface area (Å²) in [5, 5.41) is 0. The average molecular weight is 518 g/mol. The van der Waals surface area contributed by atoms with Gasteiger partial charge in [-0.1, -0.05) is 66.2 Å². The number of piperidine rings is 1. The Balaban J connectivity index is 1.93. The quantitative estimate of drug-likeness (QED) is 0.212. The minimum atomic E-state index is 0.764. The van der Waals surface area contributed by atoms with Gasteiger partial charge >= 0.3 is 0 Å². The predicted molar refractivity (Wildman–Crippen MR) is 163 cm³/mol. The lowest BCUT2D eigenvalue weighted by Gasteiger charge is -2.34. The molecule has 0 atom stereocenters. The fourth-order valence-corrected chi connectivity index (χ4v) is 5.82. The molecule has 1 aliphatic heterocycles. The van der Waals surface area contributed by atoms with Crippen molar-refractivity contribution in [3.05, 3.63) is 58.7 Å². The Morgan fingerprint density at radius 2 is 1.68 bits per heavy atom. The second-order valence-corrected chi connectivity index (χ2v) is 10.8. The number of nitrogens with zero attached hydrogens (tertiary/aromatic N) is 5. The summed E-state index contributed by atoms with van der Waals surface area (Å²) in [5.41, 5.74) is 8.64. The van der Waals surface area contributed by atoms with Crippen molar-refractivity contribution in [1.29, 1.82) is 0 Å². The molecule has 5 heteroatoms. The van der Waals surface area contributed by atoms with Crippen LogP contribution in [0.1, 0.15) is 107 Å². The first-order chi connectivity index (χ1) is 18.4. The Morgan fingerprint density at radius 3 is 2.29 bits per heavy atom. The number of aryl methyl sites for hydroxylation is 2. The third-order valence-electron chi connectivity index (χ3n) is 8.33. The molecule has 1 saturated heterocycles. The zero-order chi connectivity index (χ0) is 27.7. The standard InChI is InChI=1S/C33H51N5/c1-9-14-19-38(23-29-16-15-28(11-3)30(12-4)31(29)13-5)26(8)36-32-22-34-25(7)35-33(32)24(6)37-20-17-27(10-2)18-21-37/h15-16,22,27H,6,9-14,17-21,23H2,1-5,7-8H3. The van der Waals surface area contributed by atoms with Crippen molar-refractivity contribution < 1.29 is 0 Å². The molecule has 1 aromatic carbocycles. The van der Waals surface area contributed by atoms with Gasteiger partial charge in [0.1, 0.15) is 23.0 Å². The smallest absolute Gasteiger partial charge is 0.126 e. The van der Waals surface area contributed by atoms with Crippen molar-refractivity contribution in [2.75, 3.05) is 19.6 Å². The molecule has 2 heterocycles. The van der Waals surface area contributed by atoms with E-state index < -0.39 is 0 Å². The van der Waals surface area contributed by atoms with Crippen molar-refractivity contribution in [2.45, 2.75) is 106 Å². The van der Waals surface area contributed by atoms with Crippen LogP contribution in [0.15, 0.2) is 29.9 Å². The number of benzene rings is 1. The van der Waals surface area contributed by atoms with Crippen LogP contribution in [-0.4, -0.2) is 45.2 Å². The van der Waals surface area contributed by atoms with E-state index >= 15 is 0 Å². The van der Waals surface area contributed by atoms with Gasteiger partial charge in [0.25, 0.3) is 0 Å². The van der Waals surface area contributed by atoms with Crippen LogP contribution in [0.4, 0.5) is 5.69 Å². The molecule has 0 saturated carbocycles. The second kappa shape index (κ2) is 14.5. The Kier molecular flexibility index (Phi) is 11.4. The maximum atomic E-state index is 5.16. The van der Waals surface area contributed by atoms with Crippen molar-refractivity contribution in [3.63, 3.8) is 0 Å². The van der Waals surface area contributed by atoms with Gasteiger partial charge < -0.3 is 9.80 Å². The van der Waals surface area contributed by atoms with Crippen LogP contribution in [0.3, 0.4) is 0 Å². The zero-order valence-electron chi connectivity index (χ0n) is 25.2. The Labute approximate surface area is 232 Å². The number of amidine groups is 1. The topological polar surface area (TPSA) is 44.6 Å². The lowest BCUT2D eigenvalue weighted by molar-refractivity contribution is 0.250. The molecule has 3 rings (SSSR count). The molecular formula is C33H51N5. The van der Waals surface area contributed by atoms with Gasteiger partial charge in [-0.05, 0) is 80.5 Å². The van der Waals surface area contributed by atoms with Crippen molar-refractivity contribution >= 4 is 17.2 Å². The summed E-state index contributed by atoms with van der Waals surface area (Å²) in [7, 11) is 0. The first-order valence-electron chi connectivity index (χ1n) is 15.1. The van der Waals surface area contributed by atoms with E-state index in [2.05, 4.69) is 75.0 Å². The van der Waals surface area contributed by atoms with Gasteiger partial charge in [-0.15, -0.1) is 0 Å². The molecule has 0 amide bonds. The van der Waals surface area contributed by atoms with Crippen LogP contribution in [0, 0.1) is 12.8 Å².